The van der Waals surface area contributed by atoms with E-state index in [4.69, 9.17) is 14.2 Å². The maximum absolute atomic E-state index is 10.0. The van der Waals surface area contributed by atoms with E-state index in [-0.39, 0.29) is 11.8 Å². The van der Waals surface area contributed by atoms with Crippen molar-refractivity contribution >= 4 is 0 Å². The molecule has 9 atom stereocenters. The van der Waals surface area contributed by atoms with Crippen molar-refractivity contribution in [3.8, 4) is 0 Å². The summed E-state index contributed by atoms with van der Waals surface area (Å²) in [5.41, 5.74) is 0.765. The molecule has 0 spiro atoms. The Hall–Kier alpha value is -1.00. The largest absolute Gasteiger partial charge is 0.472 e. The number of hydrogen-bond donors (Lipinski definition) is 5. The summed E-state index contributed by atoms with van der Waals surface area (Å²) >= 11 is 0. The van der Waals surface area contributed by atoms with E-state index < -0.39 is 49.7 Å². The lowest BCUT2D eigenvalue weighted by Gasteiger charge is -2.42. The van der Waals surface area contributed by atoms with Gasteiger partial charge in [-0.25, -0.2) is 0 Å². The molecule has 130 valence electrons. The highest BCUT2D eigenvalue weighted by Crippen LogP contribution is 2.43. The summed E-state index contributed by atoms with van der Waals surface area (Å²) in [6, 6.07) is 0. The van der Waals surface area contributed by atoms with Gasteiger partial charge in [-0.05, 0) is 12.5 Å². The lowest BCUT2D eigenvalue weighted by Crippen LogP contribution is -2.60. The van der Waals surface area contributed by atoms with Gasteiger partial charge in [-0.15, -0.1) is 0 Å². The van der Waals surface area contributed by atoms with Gasteiger partial charge in [0, 0.05) is 5.92 Å². The molecule has 2 fully saturated rings. The minimum Gasteiger partial charge on any atom is -0.472 e. The predicted octanol–water partition coefficient (Wildman–Crippen LogP) is -1.77. The van der Waals surface area contributed by atoms with Crippen LogP contribution in [0.3, 0.4) is 0 Å². The Kier molecular flexibility index (Phi) is 4.75. The molecule has 1 aliphatic carbocycles. The summed E-state index contributed by atoms with van der Waals surface area (Å²) < 4.78 is 16.4. The van der Waals surface area contributed by atoms with E-state index in [1.807, 2.05) is 0 Å². The molecule has 0 amide bonds. The van der Waals surface area contributed by atoms with Gasteiger partial charge in [0.15, 0.2) is 6.29 Å². The molecule has 3 aliphatic rings. The van der Waals surface area contributed by atoms with Gasteiger partial charge in [-0.2, -0.15) is 0 Å². The molecule has 2 heterocycles. The van der Waals surface area contributed by atoms with Crippen LogP contribution in [-0.2, 0) is 14.2 Å². The molecular formula is C15H22O8. The van der Waals surface area contributed by atoms with Crippen LogP contribution < -0.4 is 0 Å². The van der Waals surface area contributed by atoms with Gasteiger partial charge in [0.25, 0.3) is 0 Å². The third-order valence-corrected chi connectivity index (χ3v) is 4.73. The number of aliphatic hydroxyl groups excluding tert-OH is 5. The smallest absolute Gasteiger partial charge is 0.208 e. The van der Waals surface area contributed by atoms with E-state index in [1.54, 1.807) is 6.08 Å². The Morgan fingerprint density at radius 1 is 1.13 bits per heavy atom. The van der Waals surface area contributed by atoms with Crippen LogP contribution in [0.5, 0.6) is 0 Å². The van der Waals surface area contributed by atoms with Crippen LogP contribution in [0.1, 0.15) is 6.42 Å². The standard InChI is InChI=1S/C15H22O8/c1-6-4-8(17)7-2-3-21-14(10(6)7)23-15-13(20)12(19)11(18)9(5-16)22-15/h2-3,7-20H,1,4-5H2. The zero-order chi connectivity index (χ0) is 16.7. The molecule has 9 unspecified atom stereocenters. The fourth-order valence-electron chi connectivity index (χ4n) is 3.40. The van der Waals surface area contributed by atoms with E-state index >= 15 is 0 Å². The van der Waals surface area contributed by atoms with Crippen molar-refractivity contribution in [1.29, 1.82) is 0 Å². The summed E-state index contributed by atoms with van der Waals surface area (Å²) in [6.45, 7) is 3.39. The number of rotatable bonds is 3. The SMILES string of the molecule is C=C1CC(O)C2C=COC(OC3OC(CO)C(O)C(O)C3O)C12. The van der Waals surface area contributed by atoms with Crippen LogP contribution >= 0.6 is 0 Å². The molecule has 0 radical (unpaired) electrons. The molecule has 23 heavy (non-hydrogen) atoms. The van der Waals surface area contributed by atoms with Crippen LogP contribution in [0, 0.1) is 11.8 Å². The van der Waals surface area contributed by atoms with E-state index in [9.17, 15) is 25.5 Å². The number of ether oxygens (including phenoxy) is 3. The third-order valence-electron chi connectivity index (χ3n) is 4.73. The number of fused-ring (bicyclic) bond motifs is 1. The zero-order valence-electron chi connectivity index (χ0n) is 12.4. The fraction of sp³-hybridized carbons (Fsp3) is 0.733. The van der Waals surface area contributed by atoms with Crippen molar-refractivity contribution in [2.75, 3.05) is 6.61 Å². The number of hydrogen-bond acceptors (Lipinski definition) is 8. The summed E-state index contributed by atoms with van der Waals surface area (Å²) in [4.78, 5) is 0. The van der Waals surface area contributed by atoms with E-state index in [1.165, 1.54) is 6.26 Å². The van der Waals surface area contributed by atoms with E-state index in [0.29, 0.717) is 6.42 Å². The predicted molar refractivity (Wildman–Crippen MR) is 75.6 cm³/mol. The quantitative estimate of drug-likeness (QED) is 0.384. The average molecular weight is 330 g/mol. The topological polar surface area (TPSA) is 129 Å². The highest BCUT2D eigenvalue weighted by molar-refractivity contribution is 5.19. The minimum atomic E-state index is -1.52. The molecule has 1 saturated carbocycles. The van der Waals surface area contributed by atoms with Gasteiger partial charge in [0.2, 0.25) is 6.29 Å². The molecule has 0 bridgehead atoms. The Morgan fingerprint density at radius 2 is 1.87 bits per heavy atom. The normalized spacial score (nSPS) is 49.8. The van der Waals surface area contributed by atoms with Crippen molar-refractivity contribution in [1.82, 2.24) is 0 Å². The molecule has 2 aliphatic heterocycles. The molecule has 0 aromatic rings. The van der Waals surface area contributed by atoms with E-state index in [0.717, 1.165) is 5.57 Å². The first-order chi connectivity index (χ1) is 10.9. The van der Waals surface area contributed by atoms with Crippen LogP contribution in [0.25, 0.3) is 0 Å². The molecule has 3 rings (SSSR count). The second-order valence-electron chi connectivity index (χ2n) is 6.20. The van der Waals surface area contributed by atoms with Gasteiger partial charge in [-0.3, -0.25) is 0 Å². The maximum atomic E-state index is 10.0. The fourth-order valence-corrected chi connectivity index (χ4v) is 3.40. The van der Waals surface area contributed by atoms with Gasteiger partial charge in [-0.1, -0.05) is 12.2 Å². The number of aliphatic hydroxyl groups is 5. The lowest BCUT2D eigenvalue weighted by molar-refractivity contribution is -0.339. The molecule has 0 aromatic heterocycles. The Balaban J connectivity index is 1.73. The van der Waals surface area contributed by atoms with Crippen molar-refractivity contribution in [2.45, 2.75) is 49.5 Å². The molecule has 8 nitrogen and oxygen atoms in total. The van der Waals surface area contributed by atoms with Crippen molar-refractivity contribution < 1.29 is 39.7 Å². The monoisotopic (exact) mass is 330 g/mol. The third kappa shape index (κ3) is 2.91. The minimum absolute atomic E-state index is 0.203. The highest BCUT2D eigenvalue weighted by Gasteiger charge is 2.49. The first-order valence-corrected chi connectivity index (χ1v) is 7.58. The summed E-state index contributed by atoms with van der Waals surface area (Å²) in [6.07, 6.45) is -4.64. The average Bonchev–Trinajstić information content (AvgIpc) is 2.83. The molecular weight excluding hydrogens is 308 g/mol. The molecule has 0 aromatic carbocycles. The summed E-state index contributed by atoms with van der Waals surface area (Å²) in [5.74, 6) is -0.506. The van der Waals surface area contributed by atoms with Gasteiger partial charge >= 0.3 is 0 Å². The van der Waals surface area contributed by atoms with Gasteiger partial charge in [0.1, 0.15) is 24.4 Å². The van der Waals surface area contributed by atoms with Crippen LogP contribution in [0.2, 0.25) is 0 Å². The first kappa shape index (κ1) is 16.8. The second kappa shape index (κ2) is 6.48. The molecule has 8 heteroatoms. The van der Waals surface area contributed by atoms with Crippen molar-refractivity contribution in [2.24, 2.45) is 11.8 Å². The first-order valence-electron chi connectivity index (χ1n) is 7.58. The maximum Gasteiger partial charge on any atom is 0.208 e. The Morgan fingerprint density at radius 3 is 2.57 bits per heavy atom. The van der Waals surface area contributed by atoms with Gasteiger partial charge < -0.3 is 39.7 Å². The Bertz CT molecular complexity index is 478. The summed E-state index contributed by atoms with van der Waals surface area (Å²) in [7, 11) is 0. The Labute approximate surface area is 133 Å². The second-order valence-corrected chi connectivity index (χ2v) is 6.20. The summed E-state index contributed by atoms with van der Waals surface area (Å²) in [5, 5.41) is 48.8. The lowest BCUT2D eigenvalue weighted by atomic mass is 9.91. The molecule has 5 N–H and O–H groups in total. The zero-order valence-corrected chi connectivity index (χ0v) is 12.4. The molecule has 1 saturated heterocycles. The van der Waals surface area contributed by atoms with Crippen LogP contribution in [0.4, 0.5) is 0 Å². The van der Waals surface area contributed by atoms with Crippen LogP contribution in [0.15, 0.2) is 24.5 Å². The van der Waals surface area contributed by atoms with E-state index in [2.05, 4.69) is 6.58 Å². The van der Waals surface area contributed by atoms with Gasteiger partial charge in [0.05, 0.1) is 24.9 Å². The van der Waals surface area contributed by atoms with Crippen LogP contribution in [-0.4, -0.2) is 75.2 Å². The highest BCUT2D eigenvalue weighted by atomic mass is 16.8. The van der Waals surface area contributed by atoms with Crippen molar-refractivity contribution in [3.05, 3.63) is 24.5 Å². The van der Waals surface area contributed by atoms with Crippen molar-refractivity contribution in [3.63, 3.8) is 0 Å².